The third-order valence-electron chi connectivity index (χ3n) is 9.61. The molecule has 0 radical (unpaired) electrons. The molecule has 42 heavy (non-hydrogen) atoms. The zero-order valence-electron chi connectivity index (χ0n) is 23.7. The number of nitriles is 1. The molecule has 0 saturated heterocycles. The van der Waals surface area contributed by atoms with E-state index in [1.54, 1.807) is 0 Å². The Balaban J connectivity index is 1.40. The molecular formula is C41H29N. The molecular weight excluding hydrogens is 506 g/mol. The summed E-state index contributed by atoms with van der Waals surface area (Å²) in [6.07, 6.45) is 0. The van der Waals surface area contributed by atoms with Crippen LogP contribution in [0, 0.1) is 11.3 Å². The average molecular weight is 536 g/mol. The molecule has 0 heterocycles. The van der Waals surface area contributed by atoms with Gasteiger partial charge in [-0.25, -0.2) is 0 Å². The fourth-order valence-corrected chi connectivity index (χ4v) is 7.73. The minimum atomic E-state index is -0.374. The summed E-state index contributed by atoms with van der Waals surface area (Å²) in [5.74, 6) is 0. The highest BCUT2D eigenvalue weighted by Crippen LogP contribution is 2.62. The van der Waals surface area contributed by atoms with Gasteiger partial charge in [0.1, 0.15) is 0 Å². The summed E-state index contributed by atoms with van der Waals surface area (Å²) in [6.45, 7) is 4.74. The summed E-state index contributed by atoms with van der Waals surface area (Å²) in [5, 5.41) is 9.73. The van der Waals surface area contributed by atoms with Crippen LogP contribution >= 0.6 is 0 Å². The van der Waals surface area contributed by atoms with Gasteiger partial charge in [0.25, 0.3) is 0 Å². The van der Waals surface area contributed by atoms with Gasteiger partial charge < -0.3 is 0 Å². The minimum absolute atomic E-state index is 0.190. The van der Waals surface area contributed by atoms with Gasteiger partial charge in [0.15, 0.2) is 0 Å². The van der Waals surface area contributed by atoms with E-state index < -0.39 is 0 Å². The molecule has 0 unspecified atom stereocenters. The van der Waals surface area contributed by atoms with E-state index in [2.05, 4.69) is 135 Å². The normalized spacial score (nSPS) is 14.8. The Hall–Kier alpha value is -5.19. The van der Waals surface area contributed by atoms with E-state index >= 15 is 0 Å². The van der Waals surface area contributed by atoms with Crippen molar-refractivity contribution in [2.24, 2.45) is 0 Å². The SMILES string of the molecule is CC1(C)c2ccccc2C2(c3ccccc3-c3ccccc32)c2ccc(-c3cccc(-c4ccccc4C#N)c3)cc21. The van der Waals surface area contributed by atoms with Crippen LogP contribution in [0.25, 0.3) is 33.4 Å². The Kier molecular flexibility index (Phi) is 5.21. The van der Waals surface area contributed by atoms with Gasteiger partial charge in [-0.15, -0.1) is 0 Å². The Morgan fingerprint density at radius 3 is 1.64 bits per heavy atom. The van der Waals surface area contributed by atoms with Crippen LogP contribution in [0.5, 0.6) is 0 Å². The molecule has 0 bridgehead atoms. The predicted molar refractivity (Wildman–Crippen MR) is 171 cm³/mol. The number of fused-ring (bicyclic) bond motifs is 9. The molecule has 0 aliphatic heterocycles. The second-order valence-corrected chi connectivity index (χ2v) is 12.0. The van der Waals surface area contributed by atoms with E-state index in [-0.39, 0.29) is 10.8 Å². The molecule has 0 amide bonds. The van der Waals surface area contributed by atoms with E-state index in [1.807, 2.05) is 24.3 Å². The second kappa shape index (κ2) is 8.90. The maximum atomic E-state index is 9.73. The van der Waals surface area contributed by atoms with Crippen LogP contribution in [0.4, 0.5) is 0 Å². The first-order chi connectivity index (χ1) is 20.5. The summed E-state index contributed by atoms with van der Waals surface area (Å²) in [4.78, 5) is 0. The van der Waals surface area contributed by atoms with Gasteiger partial charge in [0.05, 0.1) is 17.0 Å². The Morgan fingerprint density at radius 2 is 0.952 bits per heavy atom. The fourth-order valence-electron chi connectivity index (χ4n) is 7.73. The van der Waals surface area contributed by atoms with Crippen molar-refractivity contribution in [2.75, 3.05) is 0 Å². The molecule has 2 aliphatic rings. The van der Waals surface area contributed by atoms with Crippen molar-refractivity contribution in [2.45, 2.75) is 24.7 Å². The molecule has 0 N–H and O–H groups in total. The lowest BCUT2D eigenvalue weighted by Gasteiger charge is -2.46. The molecule has 0 atom stereocenters. The summed E-state index contributed by atoms with van der Waals surface area (Å²) >= 11 is 0. The van der Waals surface area contributed by atoms with Crippen LogP contribution < -0.4 is 0 Å². The zero-order valence-corrected chi connectivity index (χ0v) is 23.7. The second-order valence-electron chi connectivity index (χ2n) is 12.0. The molecule has 1 nitrogen and oxygen atoms in total. The fraction of sp³-hybridized carbons (Fsp3) is 0.0976. The van der Waals surface area contributed by atoms with Crippen molar-refractivity contribution in [1.29, 1.82) is 5.26 Å². The van der Waals surface area contributed by atoms with Crippen LogP contribution in [0.2, 0.25) is 0 Å². The van der Waals surface area contributed by atoms with Gasteiger partial charge in [-0.3, -0.25) is 0 Å². The summed E-state index contributed by atoms with van der Waals surface area (Å²) in [6, 6.07) is 52.9. The van der Waals surface area contributed by atoms with Gasteiger partial charge in [0, 0.05) is 5.41 Å². The Bertz CT molecular complexity index is 2040. The van der Waals surface area contributed by atoms with Crippen LogP contribution in [-0.2, 0) is 10.8 Å². The van der Waals surface area contributed by atoms with Crippen molar-refractivity contribution >= 4 is 0 Å². The highest BCUT2D eigenvalue weighted by Gasteiger charge is 2.53. The van der Waals surface area contributed by atoms with Gasteiger partial charge in [0.2, 0.25) is 0 Å². The summed E-state index contributed by atoms with van der Waals surface area (Å²) in [5.41, 5.74) is 15.3. The lowest BCUT2D eigenvalue weighted by Crippen LogP contribution is -2.40. The number of hydrogen-bond donors (Lipinski definition) is 0. The highest BCUT2D eigenvalue weighted by atomic mass is 14.5. The molecule has 0 aromatic heterocycles. The first-order valence-corrected chi connectivity index (χ1v) is 14.6. The van der Waals surface area contributed by atoms with Gasteiger partial charge in [-0.2, -0.15) is 5.26 Å². The topological polar surface area (TPSA) is 23.8 Å². The standard InChI is InChI=1S/C41H29N/c1-40(2)36-20-9-10-21-37(36)41(34-18-7-5-16-32(34)33-17-6-8-19-35(33)41)38-23-22-28(25-39(38)40)27-13-11-14-29(24-27)31-15-4-3-12-30(31)26-42/h3-25H,1-2H3. The van der Waals surface area contributed by atoms with Crippen molar-refractivity contribution in [3.05, 3.63) is 178 Å². The molecule has 1 heteroatoms. The highest BCUT2D eigenvalue weighted by molar-refractivity contribution is 5.89. The molecule has 1 spiro atoms. The summed E-state index contributed by atoms with van der Waals surface area (Å²) < 4.78 is 0. The molecule has 0 saturated carbocycles. The number of benzene rings is 6. The molecule has 8 rings (SSSR count). The van der Waals surface area contributed by atoms with Gasteiger partial charge in [-0.05, 0) is 85.0 Å². The van der Waals surface area contributed by atoms with Crippen molar-refractivity contribution in [3.8, 4) is 39.4 Å². The molecule has 198 valence electrons. The minimum Gasteiger partial charge on any atom is -0.192 e. The monoisotopic (exact) mass is 535 g/mol. The largest absolute Gasteiger partial charge is 0.192 e. The van der Waals surface area contributed by atoms with E-state index in [1.165, 1.54) is 50.1 Å². The van der Waals surface area contributed by atoms with Crippen LogP contribution in [0.3, 0.4) is 0 Å². The summed E-state index contributed by atoms with van der Waals surface area (Å²) in [7, 11) is 0. The van der Waals surface area contributed by atoms with E-state index in [0.717, 1.165) is 16.7 Å². The Morgan fingerprint density at radius 1 is 0.429 bits per heavy atom. The lowest BCUT2D eigenvalue weighted by atomic mass is 9.55. The predicted octanol–water partition coefficient (Wildman–Crippen LogP) is 9.89. The average Bonchev–Trinajstić information content (AvgIpc) is 3.35. The van der Waals surface area contributed by atoms with Gasteiger partial charge >= 0.3 is 0 Å². The third kappa shape index (κ3) is 3.18. The zero-order chi connectivity index (χ0) is 28.5. The Labute approximate surface area is 247 Å². The van der Waals surface area contributed by atoms with Crippen LogP contribution in [0.1, 0.15) is 52.8 Å². The molecule has 0 fully saturated rings. The van der Waals surface area contributed by atoms with E-state index in [4.69, 9.17) is 0 Å². The molecule has 2 aliphatic carbocycles. The molecule has 6 aromatic rings. The van der Waals surface area contributed by atoms with E-state index in [9.17, 15) is 5.26 Å². The van der Waals surface area contributed by atoms with Crippen LogP contribution in [-0.4, -0.2) is 0 Å². The van der Waals surface area contributed by atoms with Crippen molar-refractivity contribution < 1.29 is 0 Å². The third-order valence-corrected chi connectivity index (χ3v) is 9.61. The van der Waals surface area contributed by atoms with E-state index in [0.29, 0.717) is 5.56 Å². The number of nitrogens with zero attached hydrogens (tertiary/aromatic N) is 1. The smallest absolute Gasteiger partial charge is 0.0998 e. The maximum Gasteiger partial charge on any atom is 0.0998 e. The first kappa shape index (κ1) is 24.6. The quantitative estimate of drug-likeness (QED) is 0.216. The van der Waals surface area contributed by atoms with Crippen molar-refractivity contribution in [3.63, 3.8) is 0 Å². The number of hydrogen-bond acceptors (Lipinski definition) is 1. The van der Waals surface area contributed by atoms with Crippen molar-refractivity contribution in [1.82, 2.24) is 0 Å². The first-order valence-electron chi connectivity index (χ1n) is 14.6. The molecule has 6 aromatic carbocycles. The lowest BCUT2D eigenvalue weighted by molar-refractivity contribution is 0.563. The van der Waals surface area contributed by atoms with Crippen LogP contribution in [0.15, 0.2) is 140 Å². The van der Waals surface area contributed by atoms with Gasteiger partial charge in [-0.1, -0.05) is 135 Å². The number of rotatable bonds is 2. The maximum absolute atomic E-state index is 9.73.